The van der Waals surface area contributed by atoms with Crippen molar-refractivity contribution in [3.63, 3.8) is 0 Å². The first kappa shape index (κ1) is 21.8. The number of rotatable bonds is 7. The lowest BCUT2D eigenvalue weighted by molar-refractivity contribution is -0.133. The van der Waals surface area contributed by atoms with Gasteiger partial charge in [-0.05, 0) is 24.1 Å². The number of carbonyl (C=O) groups is 2. The van der Waals surface area contributed by atoms with E-state index < -0.39 is 0 Å². The number of amides is 2. The van der Waals surface area contributed by atoms with Gasteiger partial charge in [-0.15, -0.1) is 0 Å². The van der Waals surface area contributed by atoms with Gasteiger partial charge in [0.2, 0.25) is 5.91 Å². The molecule has 0 bridgehead atoms. The molecule has 3 aromatic rings. The highest BCUT2D eigenvalue weighted by Gasteiger charge is 2.28. The van der Waals surface area contributed by atoms with Crippen LogP contribution in [-0.2, 0) is 4.79 Å². The number of benzene rings is 2. The van der Waals surface area contributed by atoms with Crippen molar-refractivity contribution in [2.45, 2.75) is 19.4 Å². The van der Waals surface area contributed by atoms with Gasteiger partial charge in [-0.3, -0.25) is 14.5 Å². The first-order valence-electron chi connectivity index (χ1n) is 11.1. The number of aryl methyl sites for hydroxylation is 1. The van der Waals surface area contributed by atoms with Crippen LogP contribution in [0.3, 0.4) is 0 Å². The number of furan rings is 1. The molecule has 166 valence electrons. The van der Waals surface area contributed by atoms with E-state index in [1.165, 1.54) is 17.4 Å². The molecule has 32 heavy (non-hydrogen) atoms. The average Bonchev–Trinajstić information content (AvgIpc) is 3.27. The average molecular weight is 432 g/mol. The highest BCUT2D eigenvalue weighted by molar-refractivity contribution is 5.95. The Kier molecular flexibility index (Phi) is 7.02. The maximum atomic E-state index is 12.7. The summed E-state index contributed by atoms with van der Waals surface area (Å²) < 4.78 is 5.16. The first-order chi connectivity index (χ1) is 15.6. The van der Waals surface area contributed by atoms with Crippen molar-refractivity contribution in [2.75, 3.05) is 32.7 Å². The van der Waals surface area contributed by atoms with Crippen LogP contribution >= 0.6 is 0 Å². The summed E-state index contributed by atoms with van der Waals surface area (Å²) in [5, 5.41) is 2.81. The molecule has 4 rings (SSSR count). The molecule has 1 fully saturated rings. The third-order valence-corrected chi connectivity index (χ3v) is 5.99. The summed E-state index contributed by atoms with van der Waals surface area (Å²) in [6.07, 6.45) is 1.79. The molecule has 1 aromatic heterocycles. The number of piperazine rings is 1. The fourth-order valence-corrected chi connectivity index (χ4v) is 4.27. The lowest BCUT2D eigenvalue weighted by atomic mass is 9.96. The molecule has 2 heterocycles. The Bertz CT molecular complexity index is 985. The van der Waals surface area contributed by atoms with E-state index in [2.05, 4.69) is 58.7 Å². The first-order valence-corrected chi connectivity index (χ1v) is 11.1. The van der Waals surface area contributed by atoms with Gasteiger partial charge in [-0.25, -0.2) is 0 Å². The number of hydrogen-bond donors (Lipinski definition) is 1. The zero-order chi connectivity index (χ0) is 22.3. The lowest BCUT2D eigenvalue weighted by Crippen LogP contribution is -2.50. The van der Waals surface area contributed by atoms with Crippen LogP contribution in [0.15, 0.2) is 77.4 Å². The summed E-state index contributed by atoms with van der Waals surface area (Å²) in [6, 6.07) is 22.8. The van der Waals surface area contributed by atoms with Gasteiger partial charge >= 0.3 is 0 Å². The molecule has 1 N–H and O–H groups in total. The van der Waals surface area contributed by atoms with E-state index >= 15 is 0 Å². The Morgan fingerprint density at radius 3 is 2.03 bits per heavy atom. The van der Waals surface area contributed by atoms with E-state index in [4.69, 9.17) is 4.42 Å². The minimum Gasteiger partial charge on any atom is -0.469 e. The van der Waals surface area contributed by atoms with Crippen molar-refractivity contribution >= 4 is 11.8 Å². The van der Waals surface area contributed by atoms with Gasteiger partial charge in [0.1, 0.15) is 5.76 Å². The van der Waals surface area contributed by atoms with E-state index in [1.807, 2.05) is 17.0 Å². The summed E-state index contributed by atoms with van der Waals surface area (Å²) >= 11 is 0. The van der Waals surface area contributed by atoms with Gasteiger partial charge < -0.3 is 14.6 Å². The molecule has 0 atom stereocenters. The third-order valence-electron chi connectivity index (χ3n) is 5.99. The van der Waals surface area contributed by atoms with E-state index in [0.717, 1.165) is 13.1 Å². The Hall–Kier alpha value is -3.38. The molecular formula is C26H29N3O3. The predicted octanol–water partition coefficient (Wildman–Crippen LogP) is 3.64. The van der Waals surface area contributed by atoms with Crippen LogP contribution in [0, 0.1) is 6.92 Å². The Morgan fingerprint density at radius 1 is 0.906 bits per heavy atom. The quantitative estimate of drug-likeness (QED) is 0.620. The van der Waals surface area contributed by atoms with Crippen LogP contribution in [0.25, 0.3) is 0 Å². The minimum absolute atomic E-state index is 0.0739. The zero-order valence-electron chi connectivity index (χ0n) is 18.4. The second kappa shape index (κ2) is 10.3. The van der Waals surface area contributed by atoms with E-state index in [-0.39, 0.29) is 17.9 Å². The van der Waals surface area contributed by atoms with Crippen LogP contribution in [0.2, 0.25) is 0 Å². The van der Waals surface area contributed by atoms with Crippen molar-refractivity contribution in [3.05, 3.63) is 95.4 Å². The van der Waals surface area contributed by atoms with Crippen LogP contribution < -0.4 is 5.32 Å². The van der Waals surface area contributed by atoms with E-state index in [1.54, 1.807) is 13.0 Å². The third kappa shape index (κ3) is 5.08. The summed E-state index contributed by atoms with van der Waals surface area (Å²) in [5.74, 6) is 0.448. The predicted molar refractivity (Wildman–Crippen MR) is 123 cm³/mol. The zero-order valence-corrected chi connectivity index (χ0v) is 18.4. The molecule has 0 saturated carbocycles. The molecule has 0 spiro atoms. The van der Waals surface area contributed by atoms with Crippen LogP contribution in [0.5, 0.6) is 0 Å². The van der Waals surface area contributed by atoms with Gasteiger partial charge in [-0.1, -0.05) is 60.7 Å². The molecule has 0 radical (unpaired) electrons. The van der Waals surface area contributed by atoms with Gasteiger partial charge in [0.05, 0.1) is 17.9 Å². The molecule has 1 saturated heterocycles. The monoisotopic (exact) mass is 431 g/mol. The summed E-state index contributed by atoms with van der Waals surface area (Å²) in [7, 11) is 0. The highest BCUT2D eigenvalue weighted by Crippen LogP contribution is 2.29. The second-order valence-corrected chi connectivity index (χ2v) is 8.04. The molecule has 2 aromatic carbocycles. The maximum absolute atomic E-state index is 12.7. The van der Waals surface area contributed by atoms with E-state index in [9.17, 15) is 9.59 Å². The number of nitrogens with zero attached hydrogens (tertiary/aromatic N) is 2. The van der Waals surface area contributed by atoms with Crippen LogP contribution in [0.1, 0.15) is 39.7 Å². The van der Waals surface area contributed by atoms with Crippen molar-refractivity contribution in [2.24, 2.45) is 0 Å². The molecular weight excluding hydrogens is 402 g/mol. The molecule has 6 nitrogen and oxygen atoms in total. The number of carbonyl (C=O) groups excluding carboxylic acids is 2. The lowest BCUT2D eigenvalue weighted by Gasteiger charge is -2.40. The van der Waals surface area contributed by atoms with Crippen molar-refractivity contribution in [3.8, 4) is 0 Å². The fraction of sp³-hybridized carbons (Fsp3) is 0.308. The Balaban J connectivity index is 1.32. The van der Waals surface area contributed by atoms with E-state index in [0.29, 0.717) is 37.4 Å². The SMILES string of the molecule is Cc1occc1C(=O)NCCC(=O)N1CCN(C(c2ccccc2)c2ccccc2)CC1. The second-order valence-electron chi connectivity index (χ2n) is 8.04. The maximum Gasteiger partial charge on any atom is 0.254 e. The number of nitrogens with one attached hydrogen (secondary N) is 1. The van der Waals surface area contributed by atoms with Crippen molar-refractivity contribution in [1.82, 2.24) is 15.1 Å². The number of hydrogen-bond acceptors (Lipinski definition) is 4. The molecule has 0 unspecified atom stereocenters. The van der Waals surface area contributed by atoms with Gasteiger partial charge in [0.15, 0.2) is 0 Å². The summed E-state index contributed by atoms with van der Waals surface area (Å²) in [6.45, 7) is 5.05. The topological polar surface area (TPSA) is 65.8 Å². The highest BCUT2D eigenvalue weighted by atomic mass is 16.3. The minimum atomic E-state index is -0.206. The largest absolute Gasteiger partial charge is 0.469 e. The fourth-order valence-electron chi connectivity index (χ4n) is 4.27. The summed E-state index contributed by atoms with van der Waals surface area (Å²) in [5.41, 5.74) is 3.03. The van der Waals surface area contributed by atoms with Crippen molar-refractivity contribution in [1.29, 1.82) is 0 Å². The van der Waals surface area contributed by atoms with Gasteiger partial charge in [0.25, 0.3) is 5.91 Å². The van der Waals surface area contributed by atoms with Gasteiger partial charge in [-0.2, -0.15) is 0 Å². The molecule has 1 aliphatic heterocycles. The van der Waals surface area contributed by atoms with Crippen molar-refractivity contribution < 1.29 is 14.0 Å². The molecule has 6 heteroatoms. The summed E-state index contributed by atoms with van der Waals surface area (Å²) in [4.78, 5) is 29.2. The molecule has 1 aliphatic rings. The molecule has 2 amide bonds. The Labute approximate surface area is 188 Å². The standard InChI is InChI=1S/C26H29N3O3/c1-20-23(13-19-32-20)26(31)27-14-12-24(30)28-15-17-29(18-16-28)25(21-8-4-2-5-9-21)22-10-6-3-7-11-22/h2-11,13,19,25H,12,14-18H2,1H3,(H,27,31). The normalized spacial score (nSPS) is 14.5. The Morgan fingerprint density at radius 2 is 1.50 bits per heavy atom. The van der Waals surface area contributed by atoms with Crippen LogP contribution in [-0.4, -0.2) is 54.3 Å². The molecule has 0 aliphatic carbocycles. The van der Waals surface area contributed by atoms with Crippen LogP contribution in [0.4, 0.5) is 0 Å². The smallest absolute Gasteiger partial charge is 0.254 e. The van der Waals surface area contributed by atoms with Gasteiger partial charge in [0, 0.05) is 39.1 Å².